The number of nitrogens with zero attached hydrogens (tertiary/aromatic N) is 2. The van der Waals surface area contributed by atoms with Crippen LogP contribution < -0.4 is 5.32 Å². The van der Waals surface area contributed by atoms with Gasteiger partial charge in [0.1, 0.15) is 6.04 Å². The lowest BCUT2D eigenvalue weighted by Crippen LogP contribution is -2.30. The second-order valence-corrected chi connectivity index (χ2v) is 8.44. The standard InChI is InChI=1S/C17H23N3O4S/c1-4-8-15(21)18-14(11-13-9-6-5-7-10-13)16-19-20-17(24-16)25(22,23)12(2)3/h5-7,9-10,12,14H,4,8,11H2,1-3H3,(H,18,21)/t14-/m0/s1. The van der Waals surface area contributed by atoms with Crippen LogP contribution >= 0.6 is 0 Å². The first-order valence-corrected chi connectivity index (χ1v) is 9.79. The lowest BCUT2D eigenvalue weighted by Gasteiger charge is -2.15. The average molecular weight is 365 g/mol. The molecule has 0 aliphatic carbocycles. The maximum atomic E-state index is 12.2. The third kappa shape index (κ3) is 4.88. The first-order chi connectivity index (χ1) is 11.8. The van der Waals surface area contributed by atoms with E-state index in [-0.39, 0.29) is 11.8 Å². The fourth-order valence-corrected chi connectivity index (χ4v) is 2.98. The van der Waals surface area contributed by atoms with Crippen LogP contribution in [-0.4, -0.2) is 29.8 Å². The molecule has 2 aromatic rings. The van der Waals surface area contributed by atoms with Crippen LogP contribution in [-0.2, 0) is 21.1 Å². The summed E-state index contributed by atoms with van der Waals surface area (Å²) in [6.45, 7) is 5.00. The molecule has 2 rings (SSSR count). The van der Waals surface area contributed by atoms with Gasteiger partial charge in [-0.15, -0.1) is 5.10 Å². The Hall–Kier alpha value is -2.22. The molecule has 1 aromatic carbocycles. The molecule has 0 spiro atoms. The summed E-state index contributed by atoms with van der Waals surface area (Å²) in [6.07, 6.45) is 1.51. The minimum atomic E-state index is -3.65. The Balaban J connectivity index is 2.29. The van der Waals surface area contributed by atoms with Crippen molar-refractivity contribution in [3.05, 3.63) is 41.8 Å². The van der Waals surface area contributed by atoms with E-state index < -0.39 is 26.4 Å². The molecule has 1 heterocycles. The molecule has 1 amide bonds. The summed E-state index contributed by atoms with van der Waals surface area (Å²) >= 11 is 0. The molecule has 0 aliphatic rings. The van der Waals surface area contributed by atoms with Crippen LogP contribution in [0.3, 0.4) is 0 Å². The second kappa shape index (κ2) is 8.24. The van der Waals surface area contributed by atoms with Gasteiger partial charge in [0, 0.05) is 12.8 Å². The van der Waals surface area contributed by atoms with Crippen LogP contribution in [0.15, 0.2) is 40.0 Å². The van der Waals surface area contributed by atoms with Gasteiger partial charge in [0.15, 0.2) is 0 Å². The summed E-state index contributed by atoms with van der Waals surface area (Å²) in [5.74, 6) is -0.0533. The molecule has 0 fully saturated rings. The predicted molar refractivity (Wildman–Crippen MR) is 92.6 cm³/mol. The van der Waals surface area contributed by atoms with E-state index in [4.69, 9.17) is 4.42 Å². The van der Waals surface area contributed by atoms with Gasteiger partial charge in [-0.05, 0) is 25.8 Å². The van der Waals surface area contributed by atoms with Gasteiger partial charge in [-0.2, -0.15) is 0 Å². The van der Waals surface area contributed by atoms with Crippen molar-refractivity contribution >= 4 is 15.7 Å². The van der Waals surface area contributed by atoms with E-state index in [9.17, 15) is 13.2 Å². The van der Waals surface area contributed by atoms with Gasteiger partial charge in [0.25, 0.3) is 0 Å². The maximum absolute atomic E-state index is 12.2. The highest BCUT2D eigenvalue weighted by atomic mass is 32.2. The third-order valence-electron chi connectivity index (χ3n) is 3.68. The van der Waals surface area contributed by atoms with Crippen LogP contribution in [0.1, 0.15) is 51.1 Å². The van der Waals surface area contributed by atoms with Crippen LogP contribution in [0.5, 0.6) is 0 Å². The zero-order valence-electron chi connectivity index (χ0n) is 14.6. The van der Waals surface area contributed by atoms with Crippen molar-refractivity contribution < 1.29 is 17.6 Å². The maximum Gasteiger partial charge on any atom is 0.335 e. The van der Waals surface area contributed by atoms with Crippen molar-refractivity contribution in [3.63, 3.8) is 0 Å². The summed E-state index contributed by atoms with van der Waals surface area (Å²) in [5.41, 5.74) is 0.968. The predicted octanol–water partition coefficient (Wildman–Crippen LogP) is 2.45. The quantitative estimate of drug-likeness (QED) is 0.771. The van der Waals surface area contributed by atoms with Gasteiger partial charge < -0.3 is 9.73 Å². The second-order valence-electron chi connectivity index (χ2n) is 6.06. The number of hydrogen-bond acceptors (Lipinski definition) is 6. The molecule has 8 heteroatoms. The zero-order valence-corrected chi connectivity index (χ0v) is 15.4. The van der Waals surface area contributed by atoms with E-state index in [0.717, 1.165) is 5.56 Å². The molecule has 1 atom stereocenters. The van der Waals surface area contributed by atoms with Crippen molar-refractivity contribution in [1.82, 2.24) is 15.5 Å². The van der Waals surface area contributed by atoms with Gasteiger partial charge in [0.05, 0.1) is 5.25 Å². The van der Waals surface area contributed by atoms with Crippen LogP contribution in [0, 0.1) is 0 Å². The Labute approximate surface area is 147 Å². The zero-order chi connectivity index (χ0) is 18.4. The summed E-state index contributed by atoms with van der Waals surface area (Å²) < 4.78 is 29.7. The van der Waals surface area contributed by atoms with E-state index in [0.29, 0.717) is 19.3 Å². The fourth-order valence-electron chi connectivity index (χ4n) is 2.22. The number of benzene rings is 1. The Kier molecular flexibility index (Phi) is 6.30. The molecular formula is C17H23N3O4S. The molecule has 0 saturated heterocycles. The lowest BCUT2D eigenvalue weighted by molar-refractivity contribution is -0.122. The minimum absolute atomic E-state index is 0.0903. The number of hydrogen-bond donors (Lipinski definition) is 1. The number of rotatable bonds is 8. The van der Waals surface area contributed by atoms with Gasteiger partial charge in [0.2, 0.25) is 21.6 Å². The van der Waals surface area contributed by atoms with Crippen molar-refractivity contribution in [1.29, 1.82) is 0 Å². The number of carbonyl (C=O) groups excluding carboxylic acids is 1. The molecule has 0 radical (unpaired) electrons. The molecule has 136 valence electrons. The summed E-state index contributed by atoms with van der Waals surface area (Å²) in [7, 11) is -3.65. The van der Waals surface area contributed by atoms with Crippen molar-refractivity contribution in [2.45, 2.75) is 56.5 Å². The van der Waals surface area contributed by atoms with E-state index in [1.165, 1.54) is 0 Å². The van der Waals surface area contributed by atoms with Gasteiger partial charge >= 0.3 is 5.22 Å². The molecule has 0 aliphatic heterocycles. The van der Waals surface area contributed by atoms with Crippen LogP contribution in [0.25, 0.3) is 0 Å². The molecule has 0 saturated carbocycles. The molecule has 1 aromatic heterocycles. The van der Waals surface area contributed by atoms with Gasteiger partial charge in [-0.25, -0.2) is 8.42 Å². The van der Waals surface area contributed by atoms with Crippen molar-refractivity contribution in [2.24, 2.45) is 0 Å². The number of nitrogens with one attached hydrogen (secondary N) is 1. The topological polar surface area (TPSA) is 102 Å². The molecular weight excluding hydrogens is 342 g/mol. The first kappa shape index (κ1) is 19.1. The summed E-state index contributed by atoms with van der Waals surface area (Å²) in [6, 6.07) is 8.94. The summed E-state index contributed by atoms with van der Waals surface area (Å²) in [5, 5.41) is 9.30. The van der Waals surface area contributed by atoms with Crippen molar-refractivity contribution in [2.75, 3.05) is 0 Å². The highest BCUT2D eigenvalue weighted by Gasteiger charge is 2.29. The molecule has 1 N–H and O–H groups in total. The number of aromatic nitrogens is 2. The lowest BCUT2D eigenvalue weighted by atomic mass is 10.1. The molecule has 0 unspecified atom stereocenters. The Morgan fingerprint density at radius 2 is 1.88 bits per heavy atom. The van der Waals surface area contributed by atoms with E-state index in [1.54, 1.807) is 13.8 Å². The van der Waals surface area contributed by atoms with E-state index in [1.807, 2.05) is 37.3 Å². The molecule has 25 heavy (non-hydrogen) atoms. The van der Waals surface area contributed by atoms with Gasteiger partial charge in [-0.1, -0.05) is 42.4 Å². The number of sulfone groups is 1. The van der Waals surface area contributed by atoms with Crippen LogP contribution in [0.4, 0.5) is 0 Å². The first-order valence-electron chi connectivity index (χ1n) is 8.25. The van der Waals surface area contributed by atoms with Crippen molar-refractivity contribution in [3.8, 4) is 0 Å². The Morgan fingerprint density at radius 1 is 1.20 bits per heavy atom. The number of carbonyl (C=O) groups is 1. The fraction of sp³-hybridized carbons (Fsp3) is 0.471. The third-order valence-corrected chi connectivity index (χ3v) is 5.57. The number of amides is 1. The monoisotopic (exact) mass is 365 g/mol. The normalized spacial score (nSPS) is 13.0. The van der Waals surface area contributed by atoms with Gasteiger partial charge in [-0.3, -0.25) is 4.79 Å². The molecule has 7 nitrogen and oxygen atoms in total. The average Bonchev–Trinajstić information content (AvgIpc) is 3.06. The SMILES string of the molecule is CCCC(=O)N[C@@H](Cc1ccccc1)c1nnc(S(=O)(=O)C(C)C)o1. The Morgan fingerprint density at radius 3 is 2.48 bits per heavy atom. The Bertz CT molecular complexity index is 800. The largest absolute Gasteiger partial charge is 0.410 e. The smallest absolute Gasteiger partial charge is 0.335 e. The van der Waals surface area contributed by atoms with E-state index in [2.05, 4.69) is 15.5 Å². The molecule has 0 bridgehead atoms. The summed E-state index contributed by atoms with van der Waals surface area (Å²) in [4.78, 5) is 12.0. The highest BCUT2D eigenvalue weighted by Crippen LogP contribution is 2.21. The minimum Gasteiger partial charge on any atom is -0.410 e. The van der Waals surface area contributed by atoms with E-state index >= 15 is 0 Å². The highest BCUT2D eigenvalue weighted by molar-refractivity contribution is 7.91. The van der Waals surface area contributed by atoms with Crippen LogP contribution in [0.2, 0.25) is 0 Å².